The molecule has 19 heavy (non-hydrogen) atoms. The fourth-order valence-corrected chi connectivity index (χ4v) is 3.37. The second kappa shape index (κ2) is 6.37. The molecule has 1 saturated heterocycles. The number of amidine groups is 1. The number of benzene rings is 1. The summed E-state index contributed by atoms with van der Waals surface area (Å²) in [6.07, 6.45) is 1.67. The number of nitrogens with one attached hydrogen (secondary N) is 1. The van der Waals surface area contributed by atoms with Crippen molar-refractivity contribution in [2.75, 3.05) is 6.54 Å². The largest absolute Gasteiger partial charge is 0.362 e. The molecule has 1 fully saturated rings. The smallest absolute Gasteiger partial charge is 0.157 e. The zero-order valence-corrected chi connectivity index (χ0v) is 11.9. The Labute approximate surface area is 116 Å². The van der Waals surface area contributed by atoms with E-state index < -0.39 is 11.6 Å². The van der Waals surface area contributed by atoms with Crippen molar-refractivity contribution in [3.8, 4) is 0 Å². The van der Waals surface area contributed by atoms with Gasteiger partial charge in [0, 0.05) is 23.9 Å². The number of rotatable bonds is 3. The Bertz CT molecular complexity index is 444. The molecule has 0 saturated carbocycles. The molecule has 1 aliphatic rings. The Balaban J connectivity index is 1.91. The molecule has 2 unspecified atom stereocenters. The van der Waals surface area contributed by atoms with Crippen molar-refractivity contribution >= 4 is 16.9 Å². The summed E-state index contributed by atoms with van der Waals surface area (Å²) in [7, 11) is 0. The molecule has 1 aromatic rings. The van der Waals surface area contributed by atoms with Gasteiger partial charge in [-0.3, -0.25) is 4.99 Å². The molecule has 0 spiro atoms. The number of aliphatic imine (C=N–C) groups is 1. The van der Waals surface area contributed by atoms with Crippen LogP contribution in [0.4, 0.5) is 8.78 Å². The summed E-state index contributed by atoms with van der Waals surface area (Å²) in [5, 5.41) is 4.81. The summed E-state index contributed by atoms with van der Waals surface area (Å²) in [5.41, 5.74) is 0.642. The highest BCUT2D eigenvalue weighted by molar-refractivity contribution is 8.14. The lowest BCUT2D eigenvalue weighted by Gasteiger charge is -2.26. The molecule has 1 aromatic carbocycles. The van der Waals surface area contributed by atoms with Gasteiger partial charge in [-0.25, -0.2) is 8.78 Å². The maximum atomic E-state index is 13.0. The van der Waals surface area contributed by atoms with Crippen LogP contribution >= 0.6 is 11.8 Å². The Morgan fingerprint density at radius 2 is 1.95 bits per heavy atom. The average Bonchev–Trinajstić information content (AvgIpc) is 2.26. The van der Waals surface area contributed by atoms with Gasteiger partial charge in [-0.15, -0.1) is 0 Å². The van der Waals surface area contributed by atoms with Crippen molar-refractivity contribution in [1.29, 1.82) is 0 Å². The lowest BCUT2D eigenvalue weighted by atomic mass is 10.1. The molecule has 0 bridgehead atoms. The summed E-state index contributed by atoms with van der Waals surface area (Å²) < 4.78 is 26.0. The molecule has 5 heteroatoms. The van der Waals surface area contributed by atoms with Crippen LogP contribution in [0.5, 0.6) is 0 Å². The quantitative estimate of drug-likeness (QED) is 0.920. The Morgan fingerprint density at radius 1 is 1.26 bits per heavy atom. The lowest BCUT2D eigenvalue weighted by Crippen LogP contribution is -2.38. The number of hydrogen-bond donors (Lipinski definition) is 1. The van der Waals surface area contributed by atoms with E-state index in [1.807, 2.05) is 0 Å². The molecular weight excluding hydrogens is 266 g/mol. The van der Waals surface area contributed by atoms with Crippen molar-refractivity contribution < 1.29 is 8.78 Å². The van der Waals surface area contributed by atoms with E-state index in [4.69, 9.17) is 0 Å². The molecule has 0 amide bonds. The Morgan fingerprint density at radius 3 is 2.58 bits per heavy atom. The van der Waals surface area contributed by atoms with Crippen LogP contribution in [0.25, 0.3) is 0 Å². The van der Waals surface area contributed by atoms with Crippen LogP contribution in [0, 0.1) is 11.6 Å². The average molecular weight is 284 g/mol. The first-order valence-electron chi connectivity index (χ1n) is 6.45. The van der Waals surface area contributed by atoms with Gasteiger partial charge in [0.05, 0.1) is 0 Å². The van der Waals surface area contributed by atoms with Gasteiger partial charge in [-0.1, -0.05) is 18.7 Å². The maximum absolute atomic E-state index is 13.0. The number of halogens is 2. The molecule has 1 heterocycles. The van der Waals surface area contributed by atoms with Crippen LogP contribution in [0.15, 0.2) is 23.2 Å². The number of thioether (sulfide) groups is 1. The first kappa shape index (κ1) is 14.3. The third-order valence-electron chi connectivity index (χ3n) is 2.95. The fourth-order valence-electron chi connectivity index (χ4n) is 2.17. The van der Waals surface area contributed by atoms with Gasteiger partial charge >= 0.3 is 0 Å². The van der Waals surface area contributed by atoms with Crippen LogP contribution in [0.1, 0.15) is 25.8 Å². The Hall–Kier alpha value is -1.10. The van der Waals surface area contributed by atoms with Gasteiger partial charge in [-0.05, 0) is 37.5 Å². The highest BCUT2D eigenvalue weighted by Crippen LogP contribution is 2.22. The molecule has 1 N–H and O–H groups in total. The van der Waals surface area contributed by atoms with Gasteiger partial charge < -0.3 is 5.32 Å². The van der Waals surface area contributed by atoms with E-state index in [0.29, 0.717) is 29.8 Å². The van der Waals surface area contributed by atoms with Crippen molar-refractivity contribution in [2.24, 2.45) is 4.99 Å². The minimum atomic E-state index is -0.532. The number of hydrogen-bond acceptors (Lipinski definition) is 2. The van der Waals surface area contributed by atoms with Crippen LogP contribution in [-0.2, 0) is 6.42 Å². The third kappa shape index (κ3) is 4.49. The lowest BCUT2D eigenvalue weighted by molar-refractivity contribution is 0.579. The van der Waals surface area contributed by atoms with Crippen molar-refractivity contribution in [3.05, 3.63) is 35.4 Å². The fraction of sp³-hybridized carbons (Fsp3) is 0.500. The minimum Gasteiger partial charge on any atom is -0.362 e. The van der Waals surface area contributed by atoms with E-state index in [1.54, 1.807) is 11.8 Å². The minimum absolute atomic E-state index is 0.432. The van der Waals surface area contributed by atoms with Crippen LogP contribution in [0.2, 0.25) is 0 Å². The van der Waals surface area contributed by atoms with E-state index >= 15 is 0 Å². The summed E-state index contributed by atoms with van der Waals surface area (Å²) >= 11 is 1.72. The first-order valence-corrected chi connectivity index (χ1v) is 7.33. The second-order valence-corrected chi connectivity index (χ2v) is 6.35. The van der Waals surface area contributed by atoms with Gasteiger partial charge in [0.1, 0.15) is 11.6 Å². The summed E-state index contributed by atoms with van der Waals surface area (Å²) in [4.78, 5) is 4.46. The van der Waals surface area contributed by atoms with Gasteiger partial charge in [0.15, 0.2) is 5.17 Å². The van der Waals surface area contributed by atoms with E-state index in [0.717, 1.165) is 17.7 Å². The molecular formula is C14H18F2N2S. The molecule has 0 radical (unpaired) electrons. The first-order chi connectivity index (χ1) is 9.02. The van der Waals surface area contributed by atoms with Gasteiger partial charge in [-0.2, -0.15) is 0 Å². The zero-order valence-electron chi connectivity index (χ0n) is 11.1. The van der Waals surface area contributed by atoms with Crippen LogP contribution < -0.4 is 5.32 Å². The molecule has 104 valence electrons. The van der Waals surface area contributed by atoms with Gasteiger partial charge in [0.2, 0.25) is 0 Å². The van der Waals surface area contributed by atoms with E-state index in [9.17, 15) is 8.78 Å². The van der Waals surface area contributed by atoms with Gasteiger partial charge in [0.25, 0.3) is 0 Å². The SMILES string of the molecule is CC1CC(C)SC(=NCCc2cc(F)cc(F)c2)N1. The maximum Gasteiger partial charge on any atom is 0.157 e. The molecule has 0 aliphatic carbocycles. The van der Waals surface area contributed by atoms with E-state index in [1.165, 1.54) is 12.1 Å². The molecule has 0 aromatic heterocycles. The monoisotopic (exact) mass is 284 g/mol. The zero-order chi connectivity index (χ0) is 13.8. The highest BCUT2D eigenvalue weighted by atomic mass is 32.2. The number of nitrogens with zero attached hydrogens (tertiary/aromatic N) is 1. The summed E-state index contributed by atoms with van der Waals surface area (Å²) in [5.74, 6) is -1.06. The topological polar surface area (TPSA) is 24.4 Å². The van der Waals surface area contributed by atoms with Crippen molar-refractivity contribution in [3.63, 3.8) is 0 Å². The van der Waals surface area contributed by atoms with E-state index in [2.05, 4.69) is 24.2 Å². The predicted molar refractivity (Wildman–Crippen MR) is 76.6 cm³/mol. The standard InChI is InChI=1S/C14H18F2N2S/c1-9-5-10(2)19-14(18-9)17-4-3-11-6-12(15)8-13(16)7-11/h6-10H,3-5H2,1-2H3,(H,17,18). The summed E-state index contributed by atoms with van der Waals surface area (Å²) in [6.45, 7) is 4.85. The second-order valence-electron chi connectivity index (χ2n) is 4.92. The van der Waals surface area contributed by atoms with Crippen molar-refractivity contribution in [2.45, 2.75) is 38.0 Å². The molecule has 2 rings (SSSR count). The predicted octanol–water partition coefficient (Wildman–Crippen LogP) is 3.37. The summed E-state index contributed by atoms with van der Waals surface area (Å²) in [6, 6.07) is 4.03. The molecule has 2 nitrogen and oxygen atoms in total. The Kier molecular flexibility index (Phi) is 4.80. The van der Waals surface area contributed by atoms with E-state index in [-0.39, 0.29) is 0 Å². The van der Waals surface area contributed by atoms with Crippen molar-refractivity contribution in [1.82, 2.24) is 5.32 Å². The molecule has 2 atom stereocenters. The normalized spacial score (nSPS) is 25.4. The molecule has 1 aliphatic heterocycles. The van der Waals surface area contributed by atoms with Crippen LogP contribution in [-0.4, -0.2) is 23.0 Å². The third-order valence-corrected chi connectivity index (χ3v) is 4.01. The van der Waals surface area contributed by atoms with Crippen LogP contribution in [0.3, 0.4) is 0 Å². The highest BCUT2D eigenvalue weighted by Gasteiger charge is 2.19.